The van der Waals surface area contributed by atoms with Crippen LogP contribution >= 0.6 is 11.6 Å². The highest BCUT2D eigenvalue weighted by Crippen LogP contribution is 2.17. The van der Waals surface area contributed by atoms with E-state index in [4.69, 9.17) is 11.6 Å². The Balaban J connectivity index is 1.88. The molecular formula is C19H19ClFN3O3. The van der Waals surface area contributed by atoms with Gasteiger partial charge in [0.25, 0.3) is 5.91 Å². The predicted molar refractivity (Wildman–Crippen MR) is 101 cm³/mol. The molecule has 0 saturated heterocycles. The van der Waals surface area contributed by atoms with Gasteiger partial charge < -0.3 is 16.0 Å². The SMILES string of the molecule is CNC(=O)Cc1ccccc1NC(=O)CCNC(=O)c1ccc(F)cc1Cl. The van der Waals surface area contributed by atoms with Gasteiger partial charge in [-0.1, -0.05) is 29.8 Å². The predicted octanol–water partition coefficient (Wildman–Crippen LogP) is 2.53. The van der Waals surface area contributed by atoms with Crippen molar-refractivity contribution in [2.45, 2.75) is 12.8 Å². The molecule has 27 heavy (non-hydrogen) atoms. The van der Waals surface area contributed by atoms with Gasteiger partial charge in [-0.25, -0.2) is 4.39 Å². The quantitative estimate of drug-likeness (QED) is 0.677. The molecule has 0 aliphatic heterocycles. The molecule has 6 nitrogen and oxygen atoms in total. The van der Waals surface area contributed by atoms with E-state index < -0.39 is 11.7 Å². The van der Waals surface area contributed by atoms with Gasteiger partial charge in [-0.2, -0.15) is 0 Å². The molecule has 0 atom stereocenters. The van der Waals surface area contributed by atoms with Crippen molar-refractivity contribution in [1.29, 1.82) is 0 Å². The third-order valence-corrected chi connectivity index (χ3v) is 4.05. The first-order chi connectivity index (χ1) is 12.9. The molecule has 0 aliphatic carbocycles. The fourth-order valence-corrected chi connectivity index (χ4v) is 2.58. The largest absolute Gasteiger partial charge is 0.359 e. The van der Waals surface area contributed by atoms with Gasteiger partial charge >= 0.3 is 0 Å². The van der Waals surface area contributed by atoms with Crippen LogP contribution in [0.15, 0.2) is 42.5 Å². The van der Waals surface area contributed by atoms with Gasteiger partial charge in [-0.05, 0) is 29.8 Å². The second-order valence-electron chi connectivity index (χ2n) is 5.69. The lowest BCUT2D eigenvalue weighted by molar-refractivity contribution is -0.120. The first-order valence-corrected chi connectivity index (χ1v) is 8.60. The van der Waals surface area contributed by atoms with E-state index in [0.717, 1.165) is 12.1 Å². The first-order valence-electron chi connectivity index (χ1n) is 8.22. The number of carbonyl (C=O) groups is 3. The Morgan fingerprint density at radius 2 is 1.81 bits per heavy atom. The summed E-state index contributed by atoms with van der Waals surface area (Å²) in [6, 6.07) is 10.4. The lowest BCUT2D eigenvalue weighted by Gasteiger charge is -2.11. The number of para-hydroxylation sites is 1. The summed E-state index contributed by atoms with van der Waals surface area (Å²) in [4.78, 5) is 35.7. The number of anilines is 1. The minimum atomic E-state index is -0.536. The maximum absolute atomic E-state index is 13.0. The number of hydrogen-bond acceptors (Lipinski definition) is 3. The monoisotopic (exact) mass is 391 g/mol. The van der Waals surface area contributed by atoms with Crippen molar-refractivity contribution in [2.24, 2.45) is 0 Å². The van der Waals surface area contributed by atoms with Crippen LogP contribution in [-0.4, -0.2) is 31.3 Å². The van der Waals surface area contributed by atoms with E-state index in [1.807, 2.05) is 0 Å². The Morgan fingerprint density at radius 3 is 2.52 bits per heavy atom. The summed E-state index contributed by atoms with van der Waals surface area (Å²) in [7, 11) is 1.54. The van der Waals surface area contributed by atoms with Gasteiger partial charge in [0.15, 0.2) is 0 Å². The summed E-state index contributed by atoms with van der Waals surface area (Å²) in [5.74, 6) is -1.51. The normalized spacial score (nSPS) is 10.2. The van der Waals surface area contributed by atoms with Crippen molar-refractivity contribution >= 4 is 35.0 Å². The Morgan fingerprint density at radius 1 is 1.07 bits per heavy atom. The molecule has 0 unspecified atom stereocenters. The average Bonchev–Trinajstić information content (AvgIpc) is 2.63. The number of carbonyl (C=O) groups excluding carboxylic acids is 3. The minimum absolute atomic E-state index is 0.0000738. The summed E-state index contributed by atoms with van der Waals surface area (Å²) in [5, 5.41) is 7.82. The van der Waals surface area contributed by atoms with Crippen LogP contribution in [-0.2, 0) is 16.0 Å². The average molecular weight is 392 g/mol. The second kappa shape index (κ2) is 9.68. The number of rotatable bonds is 7. The van der Waals surface area contributed by atoms with Crippen LogP contribution in [0.25, 0.3) is 0 Å². The Hall–Kier alpha value is -2.93. The van der Waals surface area contributed by atoms with Crippen molar-refractivity contribution in [2.75, 3.05) is 18.9 Å². The van der Waals surface area contributed by atoms with Crippen molar-refractivity contribution in [3.8, 4) is 0 Å². The molecule has 0 saturated carbocycles. The van der Waals surface area contributed by atoms with Crippen LogP contribution in [0.5, 0.6) is 0 Å². The van der Waals surface area contributed by atoms with E-state index in [1.165, 1.54) is 6.07 Å². The molecule has 3 amide bonds. The van der Waals surface area contributed by atoms with Crippen LogP contribution in [0, 0.1) is 5.82 Å². The lowest BCUT2D eigenvalue weighted by Crippen LogP contribution is -2.28. The molecule has 0 bridgehead atoms. The summed E-state index contributed by atoms with van der Waals surface area (Å²) in [5.41, 5.74) is 1.36. The molecule has 2 aromatic carbocycles. The second-order valence-corrected chi connectivity index (χ2v) is 6.09. The maximum Gasteiger partial charge on any atom is 0.252 e. The molecular weight excluding hydrogens is 373 g/mol. The molecule has 0 aliphatic rings. The molecule has 0 heterocycles. The molecule has 0 fully saturated rings. The summed E-state index contributed by atoms with van der Waals surface area (Å²) in [6.45, 7) is 0.0794. The van der Waals surface area contributed by atoms with Crippen LogP contribution in [0.4, 0.5) is 10.1 Å². The van der Waals surface area contributed by atoms with Crippen LogP contribution < -0.4 is 16.0 Å². The van der Waals surface area contributed by atoms with Gasteiger partial charge in [0.1, 0.15) is 5.82 Å². The Bertz CT molecular complexity index is 858. The van der Waals surface area contributed by atoms with Crippen LogP contribution in [0.3, 0.4) is 0 Å². The molecule has 142 valence electrons. The molecule has 3 N–H and O–H groups in total. The van der Waals surface area contributed by atoms with Gasteiger partial charge in [-0.3, -0.25) is 14.4 Å². The van der Waals surface area contributed by atoms with Gasteiger partial charge in [-0.15, -0.1) is 0 Å². The van der Waals surface area contributed by atoms with Crippen molar-refractivity contribution < 1.29 is 18.8 Å². The summed E-state index contributed by atoms with van der Waals surface area (Å²) >= 11 is 5.83. The fraction of sp³-hybridized carbons (Fsp3) is 0.211. The molecule has 0 radical (unpaired) electrons. The van der Waals surface area contributed by atoms with Gasteiger partial charge in [0.05, 0.1) is 17.0 Å². The van der Waals surface area contributed by atoms with E-state index >= 15 is 0 Å². The number of halogens is 2. The Labute approximate surface area is 161 Å². The lowest BCUT2D eigenvalue weighted by atomic mass is 10.1. The number of amides is 3. The number of nitrogens with one attached hydrogen (secondary N) is 3. The smallest absolute Gasteiger partial charge is 0.252 e. The highest BCUT2D eigenvalue weighted by atomic mass is 35.5. The topological polar surface area (TPSA) is 87.3 Å². The minimum Gasteiger partial charge on any atom is -0.359 e. The van der Waals surface area contributed by atoms with Crippen molar-refractivity contribution in [3.05, 3.63) is 64.4 Å². The highest BCUT2D eigenvalue weighted by molar-refractivity contribution is 6.33. The molecule has 8 heteroatoms. The third kappa shape index (κ3) is 6.07. The molecule has 2 aromatic rings. The number of hydrogen-bond donors (Lipinski definition) is 3. The highest BCUT2D eigenvalue weighted by Gasteiger charge is 2.12. The third-order valence-electron chi connectivity index (χ3n) is 3.73. The van der Waals surface area contributed by atoms with Crippen molar-refractivity contribution in [1.82, 2.24) is 10.6 Å². The van der Waals surface area contributed by atoms with E-state index in [-0.39, 0.29) is 41.8 Å². The zero-order valence-corrected chi connectivity index (χ0v) is 15.4. The standard InChI is InChI=1S/C19H19ClFN3O3/c1-22-18(26)10-12-4-2-3-5-16(12)24-17(25)8-9-23-19(27)14-7-6-13(21)11-15(14)20/h2-7,11H,8-10H2,1H3,(H,22,26)(H,23,27)(H,24,25). The zero-order valence-electron chi connectivity index (χ0n) is 14.6. The number of likely N-dealkylation sites (N-methyl/N-ethyl adjacent to an activating group) is 1. The molecule has 2 rings (SSSR count). The van der Waals surface area contributed by atoms with Crippen LogP contribution in [0.1, 0.15) is 22.3 Å². The maximum atomic E-state index is 13.0. The fourth-order valence-electron chi connectivity index (χ4n) is 2.33. The number of benzene rings is 2. The van der Waals surface area contributed by atoms with Gasteiger partial charge in [0.2, 0.25) is 11.8 Å². The zero-order chi connectivity index (χ0) is 19.8. The molecule has 0 aromatic heterocycles. The summed E-state index contributed by atoms with van der Waals surface area (Å²) in [6.07, 6.45) is 0.172. The van der Waals surface area contributed by atoms with Gasteiger partial charge in [0, 0.05) is 25.7 Å². The first kappa shape index (κ1) is 20.4. The Kier molecular flexibility index (Phi) is 7.31. The van der Waals surface area contributed by atoms with Crippen LogP contribution in [0.2, 0.25) is 5.02 Å². The molecule has 0 spiro atoms. The van der Waals surface area contributed by atoms with E-state index in [1.54, 1.807) is 31.3 Å². The van der Waals surface area contributed by atoms with E-state index in [0.29, 0.717) is 11.3 Å². The van der Waals surface area contributed by atoms with Crippen molar-refractivity contribution in [3.63, 3.8) is 0 Å². The van der Waals surface area contributed by atoms with E-state index in [2.05, 4.69) is 16.0 Å². The summed E-state index contributed by atoms with van der Waals surface area (Å²) < 4.78 is 13.0. The van der Waals surface area contributed by atoms with E-state index in [9.17, 15) is 18.8 Å².